The van der Waals surface area contributed by atoms with Crippen LogP contribution in [0.5, 0.6) is 0 Å². The summed E-state index contributed by atoms with van der Waals surface area (Å²) < 4.78 is 11.8. The number of likely N-dealkylation sites (tertiary alicyclic amines) is 1. The second-order valence-corrected chi connectivity index (χ2v) is 14.7. The Hall–Kier alpha value is -3.10. The average Bonchev–Trinajstić information content (AvgIpc) is 2.88. The molecule has 0 saturated carbocycles. The molecule has 2 heterocycles. The highest BCUT2D eigenvalue weighted by Gasteiger charge is 2.49. The number of esters is 2. The molecule has 2 fully saturated rings. The van der Waals surface area contributed by atoms with Crippen LogP contribution in [0.2, 0.25) is 0 Å². The lowest BCUT2D eigenvalue weighted by Gasteiger charge is -2.53. The van der Waals surface area contributed by atoms with Crippen LogP contribution in [-0.2, 0) is 23.9 Å². The summed E-state index contributed by atoms with van der Waals surface area (Å²) >= 11 is 0. The number of hydrogen-bond donors (Lipinski definition) is 0. The Morgan fingerprint density at radius 1 is 0.636 bits per heavy atom. The predicted molar refractivity (Wildman–Crippen MR) is 174 cm³/mol. The minimum absolute atomic E-state index is 0.00443. The topological polar surface area (TPSA) is 68.3 Å². The number of carbonyl (C=O) groups excluding carboxylic acids is 2. The van der Waals surface area contributed by atoms with E-state index in [1.165, 1.54) is 0 Å². The van der Waals surface area contributed by atoms with Crippen LogP contribution in [0, 0.1) is 48.1 Å². The third kappa shape index (κ3) is 11.8. The molecule has 0 aromatic carbocycles. The minimum atomic E-state index is -0.398. The third-order valence-electron chi connectivity index (χ3n) is 8.94. The molecule has 0 aliphatic carbocycles. The van der Waals surface area contributed by atoms with Gasteiger partial charge in [-0.3, -0.25) is 14.5 Å². The number of unbranched alkanes of at least 4 members (excludes halogenated alkanes) is 5. The number of hydroxylamine groups is 2. The lowest BCUT2D eigenvalue weighted by atomic mass is 9.79. The average molecular weight is 607 g/mol. The molecule has 7 heteroatoms. The Bertz CT molecular complexity index is 1190. The van der Waals surface area contributed by atoms with Gasteiger partial charge in [0.2, 0.25) is 0 Å². The molecule has 0 bridgehead atoms. The van der Waals surface area contributed by atoms with Gasteiger partial charge in [-0.25, -0.2) is 0 Å². The Labute approximate surface area is 267 Å². The molecule has 0 aromatic heterocycles. The molecule has 2 aliphatic rings. The van der Waals surface area contributed by atoms with Gasteiger partial charge in [0.1, 0.15) is 12.2 Å². The van der Waals surface area contributed by atoms with Gasteiger partial charge in [-0.15, -0.1) is 11.5 Å². The van der Waals surface area contributed by atoms with E-state index in [2.05, 4.69) is 109 Å². The smallest absolute Gasteiger partial charge is 0.306 e. The van der Waals surface area contributed by atoms with Crippen LogP contribution in [-0.4, -0.2) is 63.3 Å². The molecule has 0 atom stereocenters. The summed E-state index contributed by atoms with van der Waals surface area (Å²) in [7, 11) is 2.15. The normalized spacial score (nSPS) is 20.7. The first kappa shape index (κ1) is 37.1. The highest BCUT2D eigenvalue weighted by molar-refractivity contribution is 5.70. The van der Waals surface area contributed by atoms with Gasteiger partial charge < -0.3 is 14.3 Å². The molecule has 44 heavy (non-hydrogen) atoms. The second-order valence-electron chi connectivity index (χ2n) is 14.7. The van der Waals surface area contributed by atoms with E-state index in [-0.39, 0.29) is 35.2 Å². The summed E-state index contributed by atoms with van der Waals surface area (Å²) in [5.74, 6) is 14.6. The summed E-state index contributed by atoms with van der Waals surface area (Å²) in [6.45, 7) is 17.1. The van der Waals surface area contributed by atoms with Crippen molar-refractivity contribution in [2.24, 2.45) is 0 Å². The zero-order valence-electron chi connectivity index (χ0n) is 28.7. The Morgan fingerprint density at radius 2 is 1.02 bits per heavy atom. The predicted octanol–water partition coefficient (Wildman–Crippen LogP) is 6.40. The number of rotatable bonds is 12. The lowest BCUT2D eigenvalue weighted by Crippen LogP contribution is -2.61. The zero-order chi connectivity index (χ0) is 33.0. The summed E-state index contributed by atoms with van der Waals surface area (Å²) in [5.41, 5.74) is -0.787. The lowest BCUT2D eigenvalue weighted by molar-refractivity contribution is -0.255. The second kappa shape index (κ2) is 16.3. The molecule has 0 radical (unpaired) electrons. The van der Waals surface area contributed by atoms with Gasteiger partial charge in [-0.2, -0.15) is 0 Å². The van der Waals surface area contributed by atoms with Crippen molar-refractivity contribution < 1.29 is 23.9 Å². The fraction of sp³-hybridized carbons (Fsp3) is 0.730. The first-order valence-corrected chi connectivity index (χ1v) is 16.1. The van der Waals surface area contributed by atoms with Gasteiger partial charge >= 0.3 is 11.9 Å². The monoisotopic (exact) mass is 606 g/mol. The molecule has 0 spiro atoms. The molecule has 2 aliphatic heterocycles. The van der Waals surface area contributed by atoms with Crippen molar-refractivity contribution in [2.75, 3.05) is 7.05 Å². The van der Waals surface area contributed by atoms with Crippen molar-refractivity contribution in [3.05, 3.63) is 0 Å². The maximum Gasteiger partial charge on any atom is 0.306 e. The van der Waals surface area contributed by atoms with Crippen LogP contribution in [0.15, 0.2) is 0 Å². The maximum absolute atomic E-state index is 12.6. The SMILES string of the molecule is C#CC#CC#CC#CON1C(C)(C)CC(OC(=O)CCCCCCCCC(=O)OC2CC(C)(C)N(C)C(C)(C)C2)CC1(C)C. The van der Waals surface area contributed by atoms with E-state index in [1.807, 2.05) is 5.06 Å². The molecule has 242 valence electrons. The molecule has 2 rings (SSSR count). The van der Waals surface area contributed by atoms with E-state index in [0.717, 1.165) is 51.4 Å². The molecule has 7 nitrogen and oxygen atoms in total. The highest BCUT2D eigenvalue weighted by Crippen LogP contribution is 2.40. The van der Waals surface area contributed by atoms with Gasteiger partial charge in [0.15, 0.2) is 6.11 Å². The van der Waals surface area contributed by atoms with Gasteiger partial charge in [-0.1, -0.05) is 25.7 Å². The molecule has 0 amide bonds. The van der Waals surface area contributed by atoms with Gasteiger partial charge in [-0.05, 0) is 93.0 Å². The standard InChI is InChI=1S/C37H54N2O5/c1-11-12-13-14-19-22-25-42-39-36(6,7)28-31(29-37(39,8)9)44-33(41)24-21-18-16-15-17-20-23-32(40)43-30-26-34(2,3)38(10)35(4,5)27-30/h1,30-31H,15-18,20-21,23-24,26-29H2,2-10H3. The summed E-state index contributed by atoms with van der Waals surface area (Å²) in [4.78, 5) is 33.3. The molecule has 0 N–H and O–H groups in total. The number of piperidine rings is 2. The maximum atomic E-state index is 12.6. The quantitative estimate of drug-likeness (QED) is 0.145. The van der Waals surface area contributed by atoms with Crippen molar-refractivity contribution in [2.45, 2.75) is 167 Å². The first-order valence-electron chi connectivity index (χ1n) is 16.1. The van der Waals surface area contributed by atoms with Gasteiger partial charge in [0.05, 0.1) is 11.1 Å². The van der Waals surface area contributed by atoms with Crippen LogP contribution in [0.4, 0.5) is 0 Å². The molecule has 0 aromatic rings. The Morgan fingerprint density at radius 3 is 1.48 bits per heavy atom. The van der Waals surface area contributed by atoms with Gasteiger partial charge in [0.25, 0.3) is 0 Å². The largest absolute Gasteiger partial charge is 0.462 e. The van der Waals surface area contributed by atoms with E-state index in [1.54, 1.807) is 0 Å². The van der Waals surface area contributed by atoms with Crippen LogP contribution < -0.4 is 0 Å². The third-order valence-corrected chi connectivity index (χ3v) is 8.94. The molecule has 2 saturated heterocycles. The van der Waals surface area contributed by atoms with Crippen molar-refractivity contribution in [3.63, 3.8) is 0 Å². The zero-order valence-corrected chi connectivity index (χ0v) is 28.7. The van der Waals surface area contributed by atoms with Crippen LogP contribution in [0.1, 0.15) is 132 Å². The fourth-order valence-corrected chi connectivity index (χ4v) is 6.82. The number of ether oxygens (including phenoxy) is 2. The summed E-state index contributed by atoms with van der Waals surface area (Å²) in [6, 6.07) is 0. The van der Waals surface area contributed by atoms with Crippen molar-refractivity contribution in [3.8, 4) is 48.1 Å². The van der Waals surface area contributed by atoms with E-state index in [9.17, 15) is 9.59 Å². The first-order chi connectivity index (χ1) is 20.5. The van der Waals surface area contributed by atoms with Crippen molar-refractivity contribution in [1.82, 2.24) is 9.96 Å². The number of nitrogens with zero attached hydrogens (tertiary/aromatic N) is 2. The number of carbonyl (C=O) groups is 2. The van der Waals surface area contributed by atoms with Crippen LogP contribution in [0.25, 0.3) is 0 Å². The fourth-order valence-electron chi connectivity index (χ4n) is 6.82. The van der Waals surface area contributed by atoms with Crippen molar-refractivity contribution in [1.29, 1.82) is 0 Å². The van der Waals surface area contributed by atoms with E-state index < -0.39 is 11.1 Å². The Balaban J connectivity index is 1.63. The minimum Gasteiger partial charge on any atom is -0.462 e. The van der Waals surface area contributed by atoms with Crippen LogP contribution >= 0.6 is 0 Å². The van der Waals surface area contributed by atoms with E-state index >= 15 is 0 Å². The van der Waals surface area contributed by atoms with E-state index in [0.29, 0.717) is 25.7 Å². The molecule has 0 unspecified atom stereocenters. The molecular formula is C37H54N2O5. The molecular weight excluding hydrogens is 552 g/mol. The van der Waals surface area contributed by atoms with Crippen LogP contribution in [0.3, 0.4) is 0 Å². The van der Waals surface area contributed by atoms with E-state index in [4.69, 9.17) is 20.7 Å². The number of hydrogen-bond acceptors (Lipinski definition) is 7. The summed E-state index contributed by atoms with van der Waals surface area (Å²) in [5, 5.41) is 1.86. The Kier molecular flexibility index (Phi) is 13.7. The number of terminal acetylenes is 1. The summed E-state index contributed by atoms with van der Waals surface area (Å²) in [6.07, 6.45) is 17.1. The highest BCUT2D eigenvalue weighted by atomic mass is 16.7. The van der Waals surface area contributed by atoms with Crippen molar-refractivity contribution >= 4 is 11.9 Å². The van der Waals surface area contributed by atoms with Gasteiger partial charge in [0, 0.05) is 67.4 Å².